The van der Waals surface area contributed by atoms with E-state index in [0.29, 0.717) is 24.7 Å². The largest absolute Gasteiger partial charge is 0.491 e. The van der Waals surface area contributed by atoms with Crippen molar-refractivity contribution in [2.45, 2.75) is 20.3 Å². The van der Waals surface area contributed by atoms with Crippen molar-refractivity contribution in [3.8, 4) is 5.75 Å². The molecule has 0 aliphatic rings. The van der Waals surface area contributed by atoms with Gasteiger partial charge in [-0.15, -0.1) is 0 Å². The first-order valence-corrected chi connectivity index (χ1v) is 6.02. The molecular weight excluding hydrogens is 216 g/mol. The zero-order valence-electron chi connectivity index (χ0n) is 10.5. The number of carbonyl (C=O) groups is 1. The molecule has 0 saturated heterocycles. The normalized spacial score (nSPS) is 12.1. The van der Waals surface area contributed by atoms with E-state index in [-0.39, 0.29) is 0 Å². The summed E-state index contributed by atoms with van der Waals surface area (Å²) in [5, 5.41) is 0. The first-order chi connectivity index (χ1) is 8.26. The molecule has 0 heterocycles. The SMILES string of the molecule is CCC(C)COCCOc1ccc(C=O)cc1. The van der Waals surface area contributed by atoms with Gasteiger partial charge in [0.15, 0.2) is 0 Å². The highest BCUT2D eigenvalue weighted by Crippen LogP contribution is 2.10. The van der Waals surface area contributed by atoms with Gasteiger partial charge in [0.25, 0.3) is 0 Å². The highest BCUT2D eigenvalue weighted by atomic mass is 16.5. The Morgan fingerprint density at radius 3 is 2.53 bits per heavy atom. The number of carbonyl (C=O) groups excluding carboxylic acids is 1. The lowest BCUT2D eigenvalue weighted by Crippen LogP contribution is -2.11. The number of benzene rings is 1. The molecule has 0 radical (unpaired) electrons. The van der Waals surface area contributed by atoms with E-state index in [1.807, 2.05) is 0 Å². The molecule has 1 aromatic carbocycles. The zero-order valence-corrected chi connectivity index (χ0v) is 10.5. The van der Waals surface area contributed by atoms with Gasteiger partial charge in [0.1, 0.15) is 18.6 Å². The molecule has 0 spiro atoms. The quantitative estimate of drug-likeness (QED) is 0.514. The third-order valence-corrected chi connectivity index (χ3v) is 2.61. The molecule has 0 bridgehead atoms. The number of hydrogen-bond acceptors (Lipinski definition) is 3. The van der Waals surface area contributed by atoms with Crippen molar-refractivity contribution in [3.63, 3.8) is 0 Å². The Kier molecular flexibility index (Phi) is 6.33. The molecular formula is C14H20O3. The Morgan fingerprint density at radius 2 is 1.94 bits per heavy atom. The van der Waals surface area contributed by atoms with Crippen molar-refractivity contribution < 1.29 is 14.3 Å². The zero-order chi connectivity index (χ0) is 12.5. The van der Waals surface area contributed by atoms with Gasteiger partial charge in [0, 0.05) is 12.2 Å². The van der Waals surface area contributed by atoms with Gasteiger partial charge >= 0.3 is 0 Å². The summed E-state index contributed by atoms with van der Waals surface area (Å²) < 4.78 is 11.0. The van der Waals surface area contributed by atoms with Crippen LogP contribution in [-0.4, -0.2) is 26.1 Å². The Labute approximate surface area is 103 Å². The summed E-state index contributed by atoms with van der Waals surface area (Å²) >= 11 is 0. The number of hydrogen-bond donors (Lipinski definition) is 0. The maximum atomic E-state index is 10.4. The topological polar surface area (TPSA) is 35.5 Å². The monoisotopic (exact) mass is 236 g/mol. The predicted molar refractivity (Wildman–Crippen MR) is 67.6 cm³/mol. The van der Waals surface area contributed by atoms with E-state index in [2.05, 4.69) is 13.8 Å². The molecule has 0 aromatic heterocycles. The molecule has 3 heteroatoms. The lowest BCUT2D eigenvalue weighted by atomic mass is 10.1. The fraction of sp³-hybridized carbons (Fsp3) is 0.500. The van der Waals surface area contributed by atoms with Crippen LogP contribution in [0, 0.1) is 5.92 Å². The molecule has 0 aliphatic heterocycles. The number of ether oxygens (including phenoxy) is 2. The molecule has 0 aliphatic carbocycles. The summed E-state index contributed by atoms with van der Waals surface area (Å²) in [6.07, 6.45) is 1.95. The molecule has 0 saturated carbocycles. The second kappa shape index (κ2) is 7.85. The minimum Gasteiger partial charge on any atom is -0.491 e. The average Bonchev–Trinajstić information content (AvgIpc) is 2.38. The van der Waals surface area contributed by atoms with Crippen LogP contribution in [-0.2, 0) is 4.74 Å². The first-order valence-electron chi connectivity index (χ1n) is 6.02. The standard InChI is InChI=1S/C14H20O3/c1-3-12(2)11-16-8-9-17-14-6-4-13(10-15)5-7-14/h4-7,10,12H,3,8-9,11H2,1-2H3. The van der Waals surface area contributed by atoms with E-state index in [1.54, 1.807) is 24.3 Å². The van der Waals surface area contributed by atoms with Crippen LogP contribution < -0.4 is 4.74 Å². The molecule has 1 aromatic rings. The summed E-state index contributed by atoms with van der Waals surface area (Å²) in [6, 6.07) is 7.06. The highest BCUT2D eigenvalue weighted by Gasteiger charge is 1.98. The van der Waals surface area contributed by atoms with Gasteiger partial charge in [-0.25, -0.2) is 0 Å². The van der Waals surface area contributed by atoms with Gasteiger partial charge in [0.2, 0.25) is 0 Å². The third-order valence-electron chi connectivity index (χ3n) is 2.61. The molecule has 1 rings (SSSR count). The maximum Gasteiger partial charge on any atom is 0.150 e. The van der Waals surface area contributed by atoms with Crippen LogP contribution >= 0.6 is 0 Å². The van der Waals surface area contributed by atoms with E-state index >= 15 is 0 Å². The van der Waals surface area contributed by atoms with Gasteiger partial charge in [-0.2, -0.15) is 0 Å². The van der Waals surface area contributed by atoms with Gasteiger partial charge in [0.05, 0.1) is 6.61 Å². The molecule has 0 N–H and O–H groups in total. The van der Waals surface area contributed by atoms with E-state index < -0.39 is 0 Å². The van der Waals surface area contributed by atoms with Crippen molar-refractivity contribution in [3.05, 3.63) is 29.8 Å². The summed E-state index contributed by atoms with van der Waals surface area (Å²) in [6.45, 7) is 6.23. The molecule has 1 atom stereocenters. The van der Waals surface area contributed by atoms with Crippen molar-refractivity contribution in [2.24, 2.45) is 5.92 Å². The van der Waals surface area contributed by atoms with Crippen molar-refractivity contribution in [2.75, 3.05) is 19.8 Å². The van der Waals surface area contributed by atoms with Crippen LogP contribution in [0.5, 0.6) is 5.75 Å². The van der Waals surface area contributed by atoms with Crippen LogP contribution in [0.25, 0.3) is 0 Å². The van der Waals surface area contributed by atoms with Crippen molar-refractivity contribution in [1.82, 2.24) is 0 Å². The number of aldehydes is 1. The minimum absolute atomic E-state index is 0.539. The van der Waals surface area contributed by atoms with E-state index in [0.717, 1.165) is 25.1 Å². The first kappa shape index (κ1) is 13.7. The lowest BCUT2D eigenvalue weighted by molar-refractivity contribution is 0.0771. The average molecular weight is 236 g/mol. The summed E-state index contributed by atoms with van der Waals surface area (Å²) in [7, 11) is 0. The van der Waals surface area contributed by atoms with Gasteiger partial charge in [-0.05, 0) is 30.2 Å². The van der Waals surface area contributed by atoms with Crippen molar-refractivity contribution >= 4 is 6.29 Å². The van der Waals surface area contributed by atoms with Crippen molar-refractivity contribution in [1.29, 1.82) is 0 Å². The minimum atomic E-state index is 0.539. The highest BCUT2D eigenvalue weighted by molar-refractivity contribution is 5.74. The van der Waals surface area contributed by atoms with Gasteiger partial charge < -0.3 is 9.47 Å². The lowest BCUT2D eigenvalue weighted by Gasteiger charge is -2.10. The Morgan fingerprint density at radius 1 is 1.24 bits per heavy atom. The van der Waals surface area contributed by atoms with Crippen LogP contribution in [0.2, 0.25) is 0 Å². The summed E-state index contributed by atoms with van der Waals surface area (Å²) in [4.78, 5) is 10.4. The molecule has 0 amide bonds. The van der Waals surface area contributed by atoms with E-state index in [9.17, 15) is 4.79 Å². The second-order valence-corrected chi connectivity index (χ2v) is 4.12. The van der Waals surface area contributed by atoms with Gasteiger partial charge in [-0.1, -0.05) is 20.3 Å². The summed E-state index contributed by atoms with van der Waals surface area (Å²) in [5.41, 5.74) is 0.658. The van der Waals surface area contributed by atoms with Gasteiger partial charge in [-0.3, -0.25) is 4.79 Å². The van der Waals surface area contributed by atoms with Crippen LogP contribution in [0.1, 0.15) is 30.6 Å². The Bertz CT molecular complexity index is 319. The van der Waals surface area contributed by atoms with E-state index in [4.69, 9.17) is 9.47 Å². The molecule has 17 heavy (non-hydrogen) atoms. The molecule has 94 valence electrons. The van der Waals surface area contributed by atoms with Crippen LogP contribution in [0.4, 0.5) is 0 Å². The fourth-order valence-electron chi connectivity index (χ4n) is 1.26. The van der Waals surface area contributed by atoms with Crippen LogP contribution in [0.3, 0.4) is 0 Å². The fourth-order valence-corrected chi connectivity index (χ4v) is 1.26. The van der Waals surface area contributed by atoms with E-state index in [1.165, 1.54) is 0 Å². The molecule has 0 fully saturated rings. The maximum absolute atomic E-state index is 10.4. The van der Waals surface area contributed by atoms with Crippen LogP contribution in [0.15, 0.2) is 24.3 Å². The summed E-state index contributed by atoms with van der Waals surface area (Å²) in [5.74, 6) is 1.37. The Balaban J connectivity index is 2.15. The Hall–Kier alpha value is -1.35. The number of rotatable bonds is 8. The third kappa shape index (κ3) is 5.50. The molecule has 1 unspecified atom stereocenters. The second-order valence-electron chi connectivity index (χ2n) is 4.12. The predicted octanol–water partition coefficient (Wildman–Crippen LogP) is 2.94. The molecule has 3 nitrogen and oxygen atoms in total. The smallest absolute Gasteiger partial charge is 0.150 e.